The topological polar surface area (TPSA) is 72.8 Å². The van der Waals surface area contributed by atoms with Crippen molar-refractivity contribution in [3.8, 4) is 0 Å². The van der Waals surface area contributed by atoms with Crippen LogP contribution in [0.3, 0.4) is 0 Å². The zero-order chi connectivity index (χ0) is 6.57. The van der Waals surface area contributed by atoms with Gasteiger partial charge in [0.25, 0.3) is 0 Å². The maximum Gasteiger partial charge on any atom is 0.729 e. The van der Waals surface area contributed by atoms with Gasteiger partial charge in [0.2, 0.25) is 0 Å². The van der Waals surface area contributed by atoms with Crippen LogP contribution in [0.1, 0.15) is 0 Å². The van der Waals surface area contributed by atoms with Gasteiger partial charge in [0.15, 0.2) is 0 Å². The number of rotatable bonds is 3. The van der Waals surface area contributed by atoms with Gasteiger partial charge in [0, 0.05) is 4.57 Å². The molecule has 0 fully saturated rings. The van der Waals surface area contributed by atoms with Crippen molar-refractivity contribution in [2.24, 2.45) is 0 Å². The van der Waals surface area contributed by atoms with Crippen molar-refractivity contribution in [2.45, 2.75) is 0 Å². The van der Waals surface area contributed by atoms with E-state index in [2.05, 4.69) is 21.6 Å². The lowest BCUT2D eigenvalue weighted by molar-refractivity contribution is -0.0898. The third-order valence-electron chi connectivity index (χ3n) is 0.161. The van der Waals surface area contributed by atoms with E-state index in [4.69, 9.17) is 4.89 Å². The molecule has 0 rings (SSSR count). The van der Waals surface area contributed by atoms with Gasteiger partial charge in [0.1, 0.15) is 16.9 Å². The van der Waals surface area contributed by atoms with Gasteiger partial charge in [-0.25, -0.2) is 0 Å². The smallest absolute Gasteiger partial charge is 0.132 e. The molecule has 2 unspecified atom stereocenters. The summed E-state index contributed by atoms with van der Waals surface area (Å²) in [4.78, 5) is 7.80. The summed E-state index contributed by atoms with van der Waals surface area (Å²) in [7, 11) is -5.09. The van der Waals surface area contributed by atoms with Crippen molar-refractivity contribution in [2.75, 3.05) is 0 Å². The summed E-state index contributed by atoms with van der Waals surface area (Å²) in [6.07, 6.45) is 0. The third kappa shape index (κ3) is 6.43. The Morgan fingerprint density at radius 1 is 1.38 bits per heavy atom. The number of hydrogen-bond donors (Lipinski definition) is 2. The Labute approximate surface area is 51.9 Å². The van der Waals surface area contributed by atoms with Crippen molar-refractivity contribution < 1.29 is 23.4 Å². The second kappa shape index (κ2) is 4.32. The van der Waals surface area contributed by atoms with Crippen molar-refractivity contribution in [1.82, 2.24) is 0 Å². The first-order valence-corrected chi connectivity index (χ1v) is 4.76. The molecule has 2 atom stereocenters. The van der Waals surface area contributed by atoms with Crippen LogP contribution in [0.25, 0.3) is 0 Å². The molecule has 0 bridgehead atoms. The number of hydrogen-bond acceptors (Lipinski definition) is 4. The Bertz CT molecular complexity index is 95.0. The SMILES string of the molecule is O=[P+](O)OO[P+](=O)S. The highest BCUT2D eigenvalue weighted by molar-refractivity contribution is 8.39. The first-order valence-electron chi connectivity index (χ1n) is 1.30. The second-order valence-electron chi connectivity index (χ2n) is 0.625. The van der Waals surface area contributed by atoms with Gasteiger partial charge in [-0.1, -0.05) is 0 Å². The largest absolute Gasteiger partial charge is 0.729 e. The molecule has 0 heterocycles. The van der Waals surface area contributed by atoms with Crippen molar-refractivity contribution in [1.29, 1.82) is 0 Å². The highest BCUT2D eigenvalue weighted by Crippen LogP contribution is 2.31. The Kier molecular flexibility index (Phi) is 4.56. The van der Waals surface area contributed by atoms with Gasteiger partial charge in [-0.05, 0) is 4.57 Å². The van der Waals surface area contributed by atoms with Gasteiger partial charge < -0.3 is 0 Å². The van der Waals surface area contributed by atoms with E-state index in [1.807, 2.05) is 0 Å². The van der Waals surface area contributed by atoms with E-state index >= 15 is 0 Å². The zero-order valence-corrected chi connectivity index (χ0v) is 6.11. The van der Waals surface area contributed by atoms with Crippen molar-refractivity contribution in [3.63, 3.8) is 0 Å². The molecular weight excluding hydrogens is 174 g/mol. The summed E-state index contributed by atoms with van der Waals surface area (Å²) < 4.78 is 26.5. The highest BCUT2D eigenvalue weighted by Gasteiger charge is 2.24. The Morgan fingerprint density at radius 2 is 1.88 bits per heavy atom. The minimum absolute atomic E-state index is 2.25. The first-order chi connectivity index (χ1) is 3.63. The van der Waals surface area contributed by atoms with Crippen molar-refractivity contribution >= 4 is 27.7 Å². The van der Waals surface area contributed by atoms with Crippen LogP contribution >= 0.6 is 27.7 Å². The standard InChI is InChI=1S/O5P2S/c1-6(2)4-5-7(3)8/p+2. The Balaban J connectivity index is 3.18. The quantitative estimate of drug-likeness (QED) is 0.292. The van der Waals surface area contributed by atoms with Crippen molar-refractivity contribution in [3.05, 3.63) is 0 Å². The first kappa shape index (κ1) is 8.43. The summed E-state index contributed by atoms with van der Waals surface area (Å²) in [5.41, 5.74) is 0. The molecule has 5 nitrogen and oxygen atoms in total. The predicted molar refractivity (Wildman–Crippen MR) is 28.6 cm³/mol. The molecule has 46 valence electrons. The summed E-state index contributed by atoms with van der Waals surface area (Å²) in [5, 5.41) is 0. The van der Waals surface area contributed by atoms with E-state index in [0.717, 1.165) is 0 Å². The molecule has 0 aliphatic carbocycles. The van der Waals surface area contributed by atoms with Crippen LogP contribution in [-0.4, -0.2) is 4.89 Å². The normalized spacial score (nSPS) is 13.2. The molecule has 0 aromatic carbocycles. The summed E-state index contributed by atoms with van der Waals surface area (Å²) in [5.74, 6) is 0. The Hall–Kier alpha value is 0.430. The zero-order valence-electron chi connectivity index (χ0n) is 3.42. The average Bonchev–Trinajstić information content (AvgIpc) is 1.61. The minimum atomic E-state index is -2.84. The molecule has 0 radical (unpaired) electrons. The molecule has 8 heavy (non-hydrogen) atoms. The van der Waals surface area contributed by atoms with Crippen LogP contribution in [0.5, 0.6) is 0 Å². The minimum Gasteiger partial charge on any atom is -0.132 e. The lowest BCUT2D eigenvalue weighted by Gasteiger charge is -1.63. The van der Waals surface area contributed by atoms with Gasteiger partial charge in [-0.2, -0.15) is 0 Å². The van der Waals surface area contributed by atoms with E-state index in [1.165, 1.54) is 0 Å². The maximum atomic E-state index is 9.77. The average molecular weight is 176 g/mol. The van der Waals surface area contributed by atoms with Crippen LogP contribution in [0.15, 0.2) is 0 Å². The molecular formula is H2O5P2S+2. The molecule has 0 aliphatic rings. The molecule has 0 saturated heterocycles. The van der Waals surface area contributed by atoms with Crippen LogP contribution in [0, 0.1) is 0 Å². The molecule has 0 spiro atoms. The summed E-state index contributed by atoms with van der Waals surface area (Å²) in [6, 6.07) is 0. The summed E-state index contributed by atoms with van der Waals surface area (Å²) >= 11 is 3.20. The molecule has 0 aliphatic heterocycles. The van der Waals surface area contributed by atoms with Gasteiger partial charge in [-0.15, -0.1) is 4.89 Å². The van der Waals surface area contributed by atoms with E-state index in [-0.39, 0.29) is 0 Å². The fourth-order valence-electron chi connectivity index (χ4n) is 0.0570. The van der Waals surface area contributed by atoms with Gasteiger partial charge >= 0.3 is 15.5 Å². The second-order valence-corrected chi connectivity index (χ2v) is 2.85. The predicted octanol–water partition coefficient (Wildman–Crippen LogP) is 1.17. The molecule has 1 N–H and O–H groups in total. The highest BCUT2D eigenvalue weighted by atomic mass is 32.7. The number of thiol groups is 1. The lowest BCUT2D eigenvalue weighted by Crippen LogP contribution is -1.68. The molecule has 0 aromatic rings. The van der Waals surface area contributed by atoms with E-state index < -0.39 is 15.5 Å². The van der Waals surface area contributed by atoms with E-state index in [1.54, 1.807) is 0 Å². The van der Waals surface area contributed by atoms with E-state index in [9.17, 15) is 9.13 Å². The summed E-state index contributed by atoms with van der Waals surface area (Å²) in [6.45, 7) is 0. The Morgan fingerprint density at radius 3 is 2.00 bits per heavy atom. The fourth-order valence-corrected chi connectivity index (χ4v) is 0.782. The molecule has 0 amide bonds. The molecule has 0 saturated carbocycles. The monoisotopic (exact) mass is 176 g/mol. The van der Waals surface area contributed by atoms with E-state index in [0.29, 0.717) is 0 Å². The van der Waals surface area contributed by atoms with Crippen LogP contribution in [0.4, 0.5) is 0 Å². The van der Waals surface area contributed by atoms with Gasteiger partial charge in [0.05, 0.1) is 4.67 Å². The third-order valence-corrected chi connectivity index (χ3v) is 0.883. The fraction of sp³-hybridized carbons (Fsp3) is 0. The maximum absolute atomic E-state index is 9.77. The van der Waals surface area contributed by atoms with Crippen LogP contribution < -0.4 is 0 Å². The molecule has 0 aromatic heterocycles. The van der Waals surface area contributed by atoms with Crippen LogP contribution in [-0.2, 0) is 18.5 Å². The van der Waals surface area contributed by atoms with Gasteiger partial charge in [-0.3, -0.25) is 0 Å². The molecule has 8 heteroatoms. The lowest BCUT2D eigenvalue weighted by atomic mass is 14.9. The van der Waals surface area contributed by atoms with Crippen LogP contribution in [0.2, 0.25) is 0 Å².